The molecule has 0 saturated carbocycles. The molecule has 0 N–H and O–H groups in total. The van der Waals surface area contributed by atoms with E-state index in [1.54, 1.807) is 13.1 Å². The van der Waals surface area contributed by atoms with E-state index >= 15 is 0 Å². The minimum atomic E-state index is -4.41. The lowest BCUT2D eigenvalue weighted by Gasteiger charge is -2.24. The van der Waals surface area contributed by atoms with Crippen LogP contribution in [0, 0.1) is 0 Å². The third kappa shape index (κ3) is 9.84. The van der Waals surface area contributed by atoms with Crippen LogP contribution in [0.25, 0.3) is 0 Å². The minimum Gasteiger partial charge on any atom is -0.347 e. The van der Waals surface area contributed by atoms with Gasteiger partial charge in [0.25, 0.3) is 9.04 Å². The molecular weight excluding hydrogens is 341 g/mol. The fourth-order valence-corrected chi connectivity index (χ4v) is 3.11. The first-order chi connectivity index (χ1) is 8.74. The molecular formula is C5H10F3O7Si4. The third-order valence-corrected chi connectivity index (χ3v) is 3.77. The summed E-state index contributed by atoms with van der Waals surface area (Å²) in [6.07, 6.45) is -5.65. The minimum absolute atomic E-state index is 0.792. The first-order valence-electron chi connectivity index (χ1n) is 4.64. The predicted octanol–water partition coefficient (Wildman–Crippen LogP) is 0.654. The van der Waals surface area contributed by atoms with Crippen LogP contribution in [0.3, 0.4) is 0 Å². The molecule has 14 heteroatoms. The van der Waals surface area contributed by atoms with Gasteiger partial charge in [-0.05, 0) is 13.1 Å². The molecule has 7 radical (unpaired) electrons. The largest absolute Gasteiger partial charge is 0.761 e. The summed E-state index contributed by atoms with van der Waals surface area (Å²) in [6, 6.07) is 0. The van der Waals surface area contributed by atoms with Gasteiger partial charge in [0.05, 0.1) is 6.42 Å². The van der Waals surface area contributed by atoms with E-state index in [1.807, 2.05) is 0 Å². The topological polar surface area (TPSA) is 64.6 Å². The van der Waals surface area contributed by atoms with Crippen molar-refractivity contribution in [2.75, 3.05) is 6.61 Å². The molecule has 0 aromatic heterocycles. The van der Waals surface area contributed by atoms with Gasteiger partial charge in [-0.15, -0.1) is 0 Å². The fraction of sp³-hybridized carbons (Fsp3) is 1.00. The molecule has 0 aliphatic heterocycles. The molecule has 0 fully saturated rings. The highest BCUT2D eigenvalue weighted by Gasteiger charge is 2.52. The van der Waals surface area contributed by atoms with E-state index in [4.69, 9.17) is 13.6 Å². The van der Waals surface area contributed by atoms with Gasteiger partial charge in [-0.2, -0.15) is 13.2 Å². The summed E-state index contributed by atoms with van der Waals surface area (Å²) in [5.41, 5.74) is 0. The Hall–Kier alpha value is 0.378. The lowest BCUT2D eigenvalue weighted by Crippen LogP contribution is -2.50. The summed E-state index contributed by atoms with van der Waals surface area (Å²) in [4.78, 5) is 0. The van der Waals surface area contributed by atoms with Crippen molar-refractivity contribution in [2.45, 2.75) is 25.7 Å². The lowest BCUT2D eigenvalue weighted by molar-refractivity contribution is -0.317. The summed E-state index contributed by atoms with van der Waals surface area (Å²) < 4.78 is 67.6. The number of rotatable bonds is 10. The monoisotopic (exact) mass is 351 g/mol. The highest BCUT2D eigenvalue weighted by molar-refractivity contribution is 6.54. The Bertz CT molecular complexity index is 237. The lowest BCUT2D eigenvalue weighted by atomic mass is 10.5. The van der Waals surface area contributed by atoms with Gasteiger partial charge >= 0.3 is 36.2 Å². The normalized spacial score (nSPS) is 13.3. The highest BCUT2D eigenvalue weighted by Crippen LogP contribution is 2.21. The maximum atomic E-state index is 12.0. The molecule has 109 valence electrons. The molecule has 0 spiro atoms. The van der Waals surface area contributed by atoms with Gasteiger partial charge < -0.3 is 4.43 Å². The van der Waals surface area contributed by atoms with Gasteiger partial charge in [0.1, 0.15) is 0 Å². The maximum Gasteiger partial charge on any atom is 0.761 e. The van der Waals surface area contributed by atoms with Crippen LogP contribution in [-0.4, -0.2) is 51.8 Å². The molecule has 19 heavy (non-hydrogen) atoms. The van der Waals surface area contributed by atoms with Crippen LogP contribution in [0.2, 0.25) is 13.1 Å². The highest BCUT2D eigenvalue weighted by atomic mass is 28.4. The molecule has 0 aromatic rings. The second kappa shape index (κ2) is 9.34. The van der Waals surface area contributed by atoms with E-state index < -0.39 is 37.3 Å². The van der Waals surface area contributed by atoms with Crippen molar-refractivity contribution < 1.29 is 45.1 Å². The van der Waals surface area contributed by atoms with Crippen LogP contribution in [0.1, 0.15) is 6.42 Å². The van der Waals surface area contributed by atoms with E-state index in [1.165, 1.54) is 0 Å². The Morgan fingerprint density at radius 3 is 1.95 bits per heavy atom. The van der Waals surface area contributed by atoms with Gasteiger partial charge in [-0.3, -0.25) is 13.7 Å². The summed E-state index contributed by atoms with van der Waals surface area (Å²) in [5, 5.41) is 0. The molecule has 7 nitrogen and oxygen atoms in total. The zero-order valence-corrected chi connectivity index (χ0v) is 13.9. The van der Waals surface area contributed by atoms with Gasteiger partial charge in [-0.25, -0.2) is 13.7 Å². The van der Waals surface area contributed by atoms with Crippen molar-refractivity contribution in [1.29, 1.82) is 0 Å². The first-order valence-corrected chi connectivity index (χ1v) is 9.50. The molecule has 0 unspecified atom stereocenters. The summed E-state index contributed by atoms with van der Waals surface area (Å²) in [6.45, 7) is 2.60. The number of alkyl halides is 3. The van der Waals surface area contributed by atoms with E-state index in [0.29, 0.717) is 0 Å². The average molecular weight is 351 g/mol. The Morgan fingerprint density at radius 1 is 1.05 bits per heavy atom. The van der Waals surface area contributed by atoms with Gasteiger partial charge in [0.2, 0.25) is 0 Å². The quantitative estimate of drug-likeness (QED) is 0.325. The summed E-state index contributed by atoms with van der Waals surface area (Å²) in [7, 11) is -0.596. The van der Waals surface area contributed by atoms with E-state index in [-0.39, 0.29) is 0 Å². The zero-order chi connectivity index (χ0) is 14.9. The Morgan fingerprint density at radius 2 is 1.58 bits per heavy atom. The smallest absolute Gasteiger partial charge is 0.347 e. The van der Waals surface area contributed by atoms with Crippen molar-refractivity contribution in [1.82, 2.24) is 0 Å². The summed E-state index contributed by atoms with van der Waals surface area (Å²) in [5.74, 6) is 0. The van der Waals surface area contributed by atoms with E-state index in [2.05, 4.69) is 39.3 Å². The number of hydrogen-bond acceptors (Lipinski definition) is 7. The molecule has 0 heterocycles. The molecule has 0 aromatic carbocycles. The van der Waals surface area contributed by atoms with Crippen LogP contribution in [0.5, 0.6) is 0 Å². The number of hydrogen-bond donors (Lipinski definition) is 0. The molecule has 0 rings (SSSR count). The maximum absolute atomic E-state index is 12.0. The molecule has 0 bridgehead atoms. The molecule has 0 amide bonds. The van der Waals surface area contributed by atoms with Crippen molar-refractivity contribution in [3.05, 3.63) is 0 Å². The summed E-state index contributed by atoms with van der Waals surface area (Å²) >= 11 is 0. The van der Waals surface area contributed by atoms with Gasteiger partial charge in [0.15, 0.2) is 0 Å². The van der Waals surface area contributed by atoms with Crippen LogP contribution >= 0.6 is 0 Å². The van der Waals surface area contributed by atoms with Crippen molar-refractivity contribution in [3.63, 3.8) is 0 Å². The average Bonchev–Trinajstić information content (AvgIpc) is 2.25. The first kappa shape index (κ1) is 19.4. The number of halogens is 3. The van der Waals surface area contributed by atoms with Crippen LogP contribution in [-0.2, 0) is 31.9 Å². The van der Waals surface area contributed by atoms with E-state index in [9.17, 15) is 13.2 Å². The van der Waals surface area contributed by atoms with Gasteiger partial charge in [0, 0.05) is 6.61 Å². The van der Waals surface area contributed by atoms with Crippen LogP contribution < -0.4 is 0 Å². The van der Waals surface area contributed by atoms with Crippen LogP contribution in [0.15, 0.2) is 0 Å². The molecule has 0 aliphatic rings. The fourth-order valence-electron chi connectivity index (χ4n) is 0.642. The second-order valence-electron chi connectivity index (χ2n) is 3.12. The van der Waals surface area contributed by atoms with Crippen molar-refractivity contribution >= 4 is 39.1 Å². The second-order valence-corrected chi connectivity index (χ2v) is 7.23. The third-order valence-electron chi connectivity index (χ3n) is 1.26. The van der Waals surface area contributed by atoms with Crippen molar-refractivity contribution in [3.8, 4) is 0 Å². The Kier molecular flexibility index (Phi) is 9.52. The molecule has 0 saturated heterocycles. The van der Waals surface area contributed by atoms with Crippen LogP contribution in [0.4, 0.5) is 13.2 Å². The predicted molar refractivity (Wildman–Crippen MR) is 57.9 cm³/mol. The standard InChI is InChI=1S/C5H10F3O7Si4/c1-18(2)12-15-19(13-10-16,14-11-17)9-4-3-5(6,7)8/h3-4H2,1-2H3. The van der Waals surface area contributed by atoms with Crippen molar-refractivity contribution in [2.24, 2.45) is 0 Å². The van der Waals surface area contributed by atoms with Gasteiger partial charge in [-0.1, -0.05) is 0 Å². The Balaban J connectivity index is 4.51. The SMILES string of the molecule is C[Si](C)OO[Si](OCCC(F)(F)F)(OO[Si])OO[Si]. The zero-order valence-electron chi connectivity index (χ0n) is 9.91. The molecule has 0 atom stereocenters. The molecule has 0 aliphatic carbocycles. The Labute approximate surface area is 117 Å². The van der Waals surface area contributed by atoms with E-state index in [0.717, 1.165) is 0 Å².